The third-order valence-electron chi connectivity index (χ3n) is 3.65. The van der Waals surface area contributed by atoms with Gasteiger partial charge >= 0.3 is 0 Å². The number of hydrogen-bond donors (Lipinski definition) is 2. The Labute approximate surface area is 120 Å². The Morgan fingerprint density at radius 1 is 1.35 bits per heavy atom. The van der Waals surface area contributed by atoms with Gasteiger partial charge in [0.15, 0.2) is 0 Å². The lowest BCUT2D eigenvalue weighted by Gasteiger charge is -2.21. The molecule has 1 unspecified atom stereocenters. The van der Waals surface area contributed by atoms with Crippen LogP contribution in [0.1, 0.15) is 42.0 Å². The quantitative estimate of drug-likeness (QED) is 0.816. The Morgan fingerprint density at radius 2 is 2.15 bits per heavy atom. The highest BCUT2D eigenvalue weighted by Crippen LogP contribution is 2.44. The summed E-state index contributed by atoms with van der Waals surface area (Å²) in [6.45, 7) is 0. The Kier molecular flexibility index (Phi) is 3.56. The zero-order valence-corrected chi connectivity index (χ0v) is 11.8. The van der Waals surface area contributed by atoms with Crippen LogP contribution in [-0.4, -0.2) is 23.8 Å². The second-order valence-electron chi connectivity index (χ2n) is 5.33. The number of rotatable bonds is 4. The summed E-state index contributed by atoms with van der Waals surface area (Å²) in [6.07, 6.45) is 3.40. The van der Waals surface area contributed by atoms with Crippen LogP contribution in [0, 0.1) is 0 Å². The van der Waals surface area contributed by atoms with Crippen molar-refractivity contribution < 1.29 is 14.4 Å². The second kappa shape index (κ2) is 5.36. The van der Waals surface area contributed by atoms with E-state index in [1.807, 2.05) is 11.4 Å². The van der Waals surface area contributed by atoms with E-state index >= 15 is 0 Å². The van der Waals surface area contributed by atoms with E-state index in [-0.39, 0.29) is 18.2 Å². The van der Waals surface area contributed by atoms with Crippen LogP contribution in [0.2, 0.25) is 0 Å². The van der Waals surface area contributed by atoms with Crippen molar-refractivity contribution in [3.63, 3.8) is 0 Å². The zero-order chi connectivity index (χ0) is 14.1. The van der Waals surface area contributed by atoms with Gasteiger partial charge in [-0.1, -0.05) is 0 Å². The number of nitrogens with one attached hydrogen (secondary N) is 2. The molecule has 1 aromatic rings. The molecule has 0 bridgehead atoms. The zero-order valence-electron chi connectivity index (χ0n) is 11.0. The highest BCUT2D eigenvalue weighted by atomic mass is 32.1. The lowest BCUT2D eigenvalue weighted by atomic mass is 10.1. The minimum Gasteiger partial charge on any atom is -0.344 e. The molecule has 20 heavy (non-hydrogen) atoms. The largest absolute Gasteiger partial charge is 0.344 e. The van der Waals surface area contributed by atoms with Crippen LogP contribution < -0.4 is 10.6 Å². The summed E-state index contributed by atoms with van der Waals surface area (Å²) in [6, 6.07) is 1.41. The number of thiophene rings is 1. The van der Waals surface area contributed by atoms with Crippen molar-refractivity contribution >= 4 is 29.1 Å². The van der Waals surface area contributed by atoms with Crippen molar-refractivity contribution in [1.29, 1.82) is 0 Å². The van der Waals surface area contributed by atoms with Crippen molar-refractivity contribution in [2.75, 3.05) is 0 Å². The van der Waals surface area contributed by atoms with E-state index in [2.05, 4.69) is 10.6 Å². The molecule has 106 valence electrons. The van der Waals surface area contributed by atoms with Gasteiger partial charge in [0.2, 0.25) is 17.7 Å². The third kappa shape index (κ3) is 2.90. The van der Waals surface area contributed by atoms with Crippen LogP contribution >= 0.6 is 11.3 Å². The lowest BCUT2D eigenvalue weighted by molar-refractivity contribution is -0.137. The molecule has 1 saturated heterocycles. The van der Waals surface area contributed by atoms with Crippen molar-refractivity contribution in [1.82, 2.24) is 10.6 Å². The Balaban J connectivity index is 1.58. The Bertz CT molecular complexity index is 563. The molecule has 2 fully saturated rings. The van der Waals surface area contributed by atoms with Crippen molar-refractivity contribution in [3.05, 3.63) is 21.9 Å². The predicted octanol–water partition coefficient (Wildman–Crippen LogP) is 1.09. The first-order valence-electron chi connectivity index (χ1n) is 6.83. The number of carbonyl (C=O) groups is 3. The monoisotopic (exact) mass is 292 g/mol. The number of piperidine rings is 1. The lowest BCUT2D eigenvalue weighted by Crippen LogP contribution is -2.52. The average molecular weight is 292 g/mol. The maximum atomic E-state index is 12.0. The normalized spacial score (nSPS) is 22.5. The van der Waals surface area contributed by atoms with Gasteiger partial charge in [0.05, 0.1) is 6.42 Å². The standard InChI is InChI=1S/C14H16N2O3S/c17-11-4-3-10(14(19)16-11)15-12(18)7-9-5-6-20-13(9)8-1-2-8/h5-6,8,10H,1-4,7H2,(H,15,18)(H,16,17,19). The fourth-order valence-electron chi connectivity index (χ4n) is 2.45. The van der Waals surface area contributed by atoms with Crippen molar-refractivity contribution in [3.8, 4) is 0 Å². The van der Waals surface area contributed by atoms with Gasteiger partial charge in [-0.05, 0) is 42.2 Å². The highest BCUT2D eigenvalue weighted by Gasteiger charge is 2.30. The number of amides is 3. The molecule has 3 rings (SSSR count). The Hall–Kier alpha value is -1.69. The van der Waals surface area contributed by atoms with Crippen LogP contribution in [0.25, 0.3) is 0 Å². The number of hydrogen-bond acceptors (Lipinski definition) is 4. The Morgan fingerprint density at radius 3 is 2.85 bits per heavy atom. The first kappa shape index (κ1) is 13.3. The predicted molar refractivity (Wildman–Crippen MR) is 74.3 cm³/mol. The number of carbonyl (C=O) groups excluding carboxylic acids is 3. The van der Waals surface area contributed by atoms with Gasteiger partial charge in [-0.3, -0.25) is 19.7 Å². The molecule has 3 amide bonds. The third-order valence-corrected chi connectivity index (χ3v) is 4.78. The van der Waals surface area contributed by atoms with Gasteiger partial charge in [-0.2, -0.15) is 0 Å². The topological polar surface area (TPSA) is 75.3 Å². The van der Waals surface area contributed by atoms with E-state index < -0.39 is 11.9 Å². The highest BCUT2D eigenvalue weighted by molar-refractivity contribution is 7.10. The van der Waals surface area contributed by atoms with Gasteiger partial charge < -0.3 is 5.32 Å². The summed E-state index contributed by atoms with van der Waals surface area (Å²) in [7, 11) is 0. The molecule has 5 nitrogen and oxygen atoms in total. The average Bonchev–Trinajstić information content (AvgIpc) is 3.14. The molecular formula is C14H16N2O3S. The van der Waals surface area contributed by atoms with E-state index in [1.165, 1.54) is 17.7 Å². The summed E-state index contributed by atoms with van der Waals surface area (Å²) in [5.74, 6) is -0.190. The summed E-state index contributed by atoms with van der Waals surface area (Å²) in [5.41, 5.74) is 1.07. The van der Waals surface area contributed by atoms with E-state index in [1.54, 1.807) is 11.3 Å². The smallest absolute Gasteiger partial charge is 0.249 e. The van der Waals surface area contributed by atoms with Gasteiger partial charge in [0, 0.05) is 11.3 Å². The molecule has 1 aliphatic carbocycles. The molecule has 0 aromatic carbocycles. The minimum atomic E-state index is -0.580. The molecule has 2 N–H and O–H groups in total. The SMILES string of the molecule is O=C1CCC(NC(=O)Cc2ccsc2C2CC2)C(=O)N1. The maximum Gasteiger partial charge on any atom is 0.249 e. The molecule has 1 saturated carbocycles. The van der Waals surface area contributed by atoms with Gasteiger partial charge in [0.1, 0.15) is 6.04 Å². The summed E-state index contributed by atoms with van der Waals surface area (Å²) < 4.78 is 0. The van der Waals surface area contributed by atoms with Crippen LogP contribution in [0.3, 0.4) is 0 Å². The molecule has 2 heterocycles. The van der Waals surface area contributed by atoms with E-state index in [9.17, 15) is 14.4 Å². The minimum absolute atomic E-state index is 0.153. The van der Waals surface area contributed by atoms with Gasteiger partial charge in [-0.25, -0.2) is 0 Å². The van der Waals surface area contributed by atoms with E-state index in [4.69, 9.17) is 0 Å². The molecular weight excluding hydrogens is 276 g/mol. The first-order chi connectivity index (χ1) is 9.63. The van der Waals surface area contributed by atoms with Crippen molar-refractivity contribution in [2.24, 2.45) is 0 Å². The van der Waals surface area contributed by atoms with E-state index in [0.717, 1.165) is 5.56 Å². The maximum absolute atomic E-state index is 12.0. The molecule has 2 aliphatic rings. The van der Waals surface area contributed by atoms with Gasteiger partial charge in [0.25, 0.3) is 0 Å². The van der Waals surface area contributed by atoms with Crippen LogP contribution in [0.4, 0.5) is 0 Å². The van der Waals surface area contributed by atoms with Crippen molar-refractivity contribution in [2.45, 2.75) is 44.1 Å². The second-order valence-corrected chi connectivity index (χ2v) is 6.28. The van der Waals surface area contributed by atoms with Gasteiger partial charge in [-0.15, -0.1) is 11.3 Å². The summed E-state index contributed by atoms with van der Waals surface area (Å²) >= 11 is 1.71. The molecule has 1 atom stereocenters. The molecule has 6 heteroatoms. The van der Waals surface area contributed by atoms with Crippen LogP contribution in [-0.2, 0) is 20.8 Å². The molecule has 0 radical (unpaired) electrons. The molecule has 0 spiro atoms. The van der Waals surface area contributed by atoms with Crippen LogP contribution in [0.5, 0.6) is 0 Å². The van der Waals surface area contributed by atoms with E-state index in [0.29, 0.717) is 18.8 Å². The first-order valence-corrected chi connectivity index (χ1v) is 7.71. The van der Waals surface area contributed by atoms with Crippen LogP contribution in [0.15, 0.2) is 11.4 Å². The summed E-state index contributed by atoms with van der Waals surface area (Å²) in [4.78, 5) is 36.0. The summed E-state index contributed by atoms with van der Waals surface area (Å²) in [5, 5.41) is 6.97. The fourth-order valence-corrected chi connectivity index (χ4v) is 3.55. The molecule has 1 aliphatic heterocycles. The number of imide groups is 1. The molecule has 1 aromatic heterocycles. The fraction of sp³-hybridized carbons (Fsp3) is 0.500.